The van der Waals surface area contributed by atoms with Crippen molar-refractivity contribution in [3.8, 4) is 6.07 Å². The summed E-state index contributed by atoms with van der Waals surface area (Å²) in [7, 11) is 0. The summed E-state index contributed by atoms with van der Waals surface area (Å²) in [5, 5.41) is 9.25. The number of carbonyl (C=O) groups is 1. The molecule has 1 aromatic rings. The lowest BCUT2D eigenvalue weighted by atomic mass is 10.0. The van der Waals surface area contributed by atoms with Gasteiger partial charge < -0.3 is 4.90 Å². The topological polar surface area (TPSA) is 68.8 Å². The third-order valence-electron chi connectivity index (χ3n) is 5.05. The molecule has 5 nitrogen and oxygen atoms in total. The van der Waals surface area contributed by atoms with E-state index in [4.69, 9.17) is 0 Å². The van der Waals surface area contributed by atoms with Crippen LogP contribution in [0.1, 0.15) is 25.8 Å². The summed E-state index contributed by atoms with van der Waals surface area (Å²) < 4.78 is 41.2. The summed E-state index contributed by atoms with van der Waals surface area (Å²) in [5.41, 5.74) is 3.37. The van der Waals surface area contributed by atoms with E-state index in [1.165, 1.54) is 0 Å². The highest BCUT2D eigenvalue weighted by molar-refractivity contribution is 6.10. The summed E-state index contributed by atoms with van der Waals surface area (Å²) in [6.45, 7) is 6.85. The minimum absolute atomic E-state index is 0.0663. The van der Waals surface area contributed by atoms with Crippen molar-refractivity contribution in [1.82, 2.24) is 4.90 Å². The van der Waals surface area contributed by atoms with Gasteiger partial charge in [0.2, 0.25) is 0 Å². The normalized spacial score (nSPS) is 16.0. The number of benzene rings is 1. The number of aliphatic imine (C=N–C) groups is 2. The van der Waals surface area contributed by atoms with E-state index >= 15 is 0 Å². The van der Waals surface area contributed by atoms with Crippen LogP contribution in [0.25, 0.3) is 0 Å². The quantitative estimate of drug-likeness (QED) is 0.515. The van der Waals surface area contributed by atoms with Crippen molar-refractivity contribution in [1.29, 1.82) is 5.26 Å². The first-order valence-electron chi connectivity index (χ1n) is 9.41. The zero-order valence-electron chi connectivity index (χ0n) is 17.0. The number of amides is 1. The molecule has 2 aliphatic rings. The Kier molecular flexibility index (Phi) is 6.35. The van der Waals surface area contributed by atoms with Crippen LogP contribution in [-0.2, 0) is 11.3 Å². The van der Waals surface area contributed by atoms with Crippen molar-refractivity contribution < 1.29 is 18.0 Å². The summed E-state index contributed by atoms with van der Waals surface area (Å²) >= 11 is 0. The fourth-order valence-corrected chi connectivity index (χ4v) is 3.51. The Balaban J connectivity index is 2.17. The molecular weight excluding hydrogens is 405 g/mol. The van der Waals surface area contributed by atoms with Crippen LogP contribution >= 0.6 is 0 Å². The van der Waals surface area contributed by atoms with E-state index in [9.17, 15) is 23.2 Å². The van der Waals surface area contributed by atoms with E-state index < -0.39 is 23.4 Å². The molecule has 0 saturated carbocycles. The van der Waals surface area contributed by atoms with E-state index in [-0.39, 0.29) is 18.7 Å². The molecule has 0 unspecified atom stereocenters. The molecule has 1 amide bonds. The van der Waals surface area contributed by atoms with Gasteiger partial charge in [-0.2, -0.15) is 5.26 Å². The largest absolute Gasteiger partial charge is 0.335 e. The molecule has 0 spiro atoms. The molecule has 0 atom stereocenters. The van der Waals surface area contributed by atoms with Gasteiger partial charge in [-0.15, -0.1) is 0 Å². The van der Waals surface area contributed by atoms with E-state index in [0.29, 0.717) is 34.7 Å². The first-order valence-corrected chi connectivity index (χ1v) is 9.41. The van der Waals surface area contributed by atoms with Gasteiger partial charge in [-0.05, 0) is 49.9 Å². The van der Waals surface area contributed by atoms with Gasteiger partial charge >= 0.3 is 0 Å². The Morgan fingerprint density at radius 3 is 2.55 bits per heavy atom. The molecule has 0 fully saturated rings. The highest BCUT2D eigenvalue weighted by Gasteiger charge is 2.29. The summed E-state index contributed by atoms with van der Waals surface area (Å²) in [6, 6.07) is 3.93. The molecule has 1 aliphatic carbocycles. The zero-order chi connectivity index (χ0) is 22.7. The maximum absolute atomic E-state index is 13.9. The van der Waals surface area contributed by atoms with Gasteiger partial charge in [0.05, 0.1) is 29.6 Å². The Labute approximate surface area is 177 Å². The second-order valence-corrected chi connectivity index (χ2v) is 7.10. The second kappa shape index (κ2) is 8.96. The highest BCUT2D eigenvalue weighted by atomic mass is 19.2. The maximum Gasteiger partial charge on any atom is 0.276 e. The third-order valence-corrected chi connectivity index (χ3v) is 5.05. The van der Waals surface area contributed by atoms with E-state index in [2.05, 4.69) is 22.8 Å². The van der Waals surface area contributed by atoms with E-state index in [1.807, 2.05) is 6.92 Å². The minimum Gasteiger partial charge on any atom is -0.335 e. The van der Waals surface area contributed by atoms with Crippen LogP contribution in [0.3, 0.4) is 0 Å². The second-order valence-electron chi connectivity index (χ2n) is 7.10. The Morgan fingerprint density at radius 2 is 1.94 bits per heavy atom. The number of nitriles is 1. The minimum atomic E-state index is -1.55. The SMILES string of the molecule is C=NC(=O)C1=C(N(Cc2cc(F)c(F)c(F)c2)C2=CCC(C#N)=CC=C2C)C(C)=NC1. The Hall–Kier alpha value is -3.73. The first-order chi connectivity index (χ1) is 14.8. The lowest BCUT2D eigenvalue weighted by Crippen LogP contribution is -2.28. The molecule has 0 N–H and O–H groups in total. The number of halogens is 3. The average Bonchev–Trinajstić information content (AvgIpc) is 3.02. The van der Waals surface area contributed by atoms with Gasteiger partial charge in [0.15, 0.2) is 17.5 Å². The number of nitrogens with zero attached hydrogens (tertiary/aromatic N) is 4. The lowest BCUT2D eigenvalue weighted by molar-refractivity contribution is -0.114. The molecular formula is C23H19F3N4O. The fraction of sp³-hybridized carbons (Fsp3) is 0.217. The molecule has 8 heteroatoms. The van der Waals surface area contributed by atoms with Crippen LogP contribution < -0.4 is 0 Å². The van der Waals surface area contributed by atoms with Crippen LogP contribution in [0.4, 0.5) is 13.2 Å². The first kappa shape index (κ1) is 22.0. The van der Waals surface area contributed by atoms with Crippen LogP contribution in [0.2, 0.25) is 0 Å². The summed E-state index contributed by atoms with van der Waals surface area (Å²) in [6.07, 6.45) is 5.57. The van der Waals surface area contributed by atoms with Crippen molar-refractivity contribution in [2.24, 2.45) is 9.98 Å². The molecule has 3 rings (SSSR count). The third kappa shape index (κ3) is 4.40. The van der Waals surface area contributed by atoms with E-state index in [0.717, 1.165) is 17.7 Å². The van der Waals surface area contributed by atoms with Crippen molar-refractivity contribution in [2.75, 3.05) is 6.54 Å². The highest BCUT2D eigenvalue weighted by Crippen LogP contribution is 2.32. The molecule has 0 aromatic heterocycles. The molecule has 1 aliphatic heterocycles. The molecule has 1 aromatic carbocycles. The van der Waals surface area contributed by atoms with Crippen molar-refractivity contribution in [3.05, 3.63) is 81.5 Å². The standard InChI is InChI=1S/C23H19F3N4O/c1-13-4-5-15(10-27)6-7-20(13)30(12-16-8-18(24)21(26)19(25)9-16)22-14(2)29-11-17(22)23(31)28-3/h4-5,7-9H,3,6,11-12H2,1-2H3. The number of hydrogen-bond donors (Lipinski definition) is 0. The number of hydrogen-bond acceptors (Lipinski definition) is 4. The van der Waals surface area contributed by atoms with Crippen LogP contribution in [0, 0.1) is 28.8 Å². The molecule has 31 heavy (non-hydrogen) atoms. The van der Waals surface area contributed by atoms with Gasteiger partial charge in [-0.3, -0.25) is 9.79 Å². The molecule has 0 radical (unpaired) electrons. The molecule has 158 valence electrons. The van der Waals surface area contributed by atoms with Crippen molar-refractivity contribution in [2.45, 2.75) is 26.8 Å². The van der Waals surface area contributed by atoms with Gasteiger partial charge in [-0.1, -0.05) is 12.2 Å². The van der Waals surface area contributed by atoms with Gasteiger partial charge in [-0.25, -0.2) is 18.2 Å². The van der Waals surface area contributed by atoms with Gasteiger partial charge in [0.25, 0.3) is 5.91 Å². The van der Waals surface area contributed by atoms with E-state index in [1.54, 1.807) is 30.1 Å². The van der Waals surface area contributed by atoms with Gasteiger partial charge in [0, 0.05) is 24.2 Å². The molecule has 0 bridgehead atoms. The predicted octanol–water partition coefficient (Wildman–Crippen LogP) is 4.55. The zero-order valence-corrected chi connectivity index (χ0v) is 17.0. The van der Waals surface area contributed by atoms with Gasteiger partial charge in [0.1, 0.15) is 0 Å². The monoisotopic (exact) mass is 424 g/mol. The van der Waals surface area contributed by atoms with Crippen LogP contribution in [0.15, 0.2) is 68.5 Å². The van der Waals surface area contributed by atoms with Crippen molar-refractivity contribution in [3.63, 3.8) is 0 Å². The number of allylic oxidation sites excluding steroid dienone is 6. The number of rotatable bonds is 5. The Morgan fingerprint density at radius 1 is 1.26 bits per heavy atom. The molecule has 1 heterocycles. The maximum atomic E-state index is 13.9. The van der Waals surface area contributed by atoms with Crippen LogP contribution in [0.5, 0.6) is 0 Å². The summed E-state index contributed by atoms with van der Waals surface area (Å²) in [4.78, 5) is 21.9. The molecule has 0 saturated heterocycles. The Bertz CT molecular complexity index is 1140. The predicted molar refractivity (Wildman–Crippen MR) is 112 cm³/mol. The lowest BCUT2D eigenvalue weighted by Gasteiger charge is -2.30. The van der Waals surface area contributed by atoms with Crippen molar-refractivity contribution >= 4 is 18.3 Å². The fourth-order valence-electron chi connectivity index (χ4n) is 3.51. The summed E-state index contributed by atoms with van der Waals surface area (Å²) in [5.74, 6) is -4.71. The van der Waals surface area contributed by atoms with Crippen LogP contribution in [-0.4, -0.2) is 29.8 Å². The smallest absolute Gasteiger partial charge is 0.276 e. The number of carbonyl (C=O) groups excluding carboxylic acids is 1. The average molecular weight is 424 g/mol.